The van der Waals surface area contributed by atoms with Crippen molar-refractivity contribution in [2.75, 3.05) is 7.11 Å². The molecule has 20 heavy (non-hydrogen) atoms. The fraction of sp³-hybridized carbons (Fsp3) is 0.333. The topological polar surface area (TPSA) is 75.6 Å². The Bertz CT molecular complexity index is 523. The number of ether oxygens (including phenoxy) is 1. The van der Waals surface area contributed by atoms with Gasteiger partial charge in [-0.3, -0.25) is 4.79 Å². The zero-order valence-electron chi connectivity index (χ0n) is 11.8. The number of amides is 1. The molecule has 0 spiro atoms. The number of carbonyl (C=O) groups excluding carboxylic acids is 1. The van der Waals surface area contributed by atoms with E-state index in [1.165, 1.54) is 6.08 Å². The molecule has 1 aromatic carbocycles. The van der Waals surface area contributed by atoms with Crippen LogP contribution in [0.2, 0.25) is 0 Å². The molecule has 0 fully saturated rings. The normalized spacial score (nSPS) is 12.2. The third kappa shape index (κ3) is 4.42. The van der Waals surface area contributed by atoms with Gasteiger partial charge in [0.1, 0.15) is 11.8 Å². The molecule has 0 radical (unpaired) electrons. The highest BCUT2D eigenvalue weighted by atomic mass is 16.5. The second-order valence-corrected chi connectivity index (χ2v) is 4.39. The van der Waals surface area contributed by atoms with Gasteiger partial charge in [0.15, 0.2) is 0 Å². The number of rotatable bonds is 6. The molecule has 0 aromatic heterocycles. The Balaban J connectivity index is 2.79. The number of methoxy groups -OCH3 is 1. The Morgan fingerprint density at radius 1 is 1.45 bits per heavy atom. The molecule has 0 bridgehead atoms. The first-order chi connectivity index (χ1) is 9.47. The molecule has 1 aromatic rings. The van der Waals surface area contributed by atoms with Crippen LogP contribution in [-0.2, 0) is 9.59 Å². The van der Waals surface area contributed by atoms with E-state index in [9.17, 15) is 9.59 Å². The summed E-state index contributed by atoms with van der Waals surface area (Å²) in [6.45, 7) is 3.64. The SMILES string of the molecule is CCC(NC(=O)/C=C/c1cc(C)ccc1OC)C(=O)O. The molecule has 1 amide bonds. The number of carbonyl (C=O) groups is 2. The van der Waals surface area contributed by atoms with E-state index in [4.69, 9.17) is 9.84 Å². The van der Waals surface area contributed by atoms with Crippen LogP contribution in [0.5, 0.6) is 5.75 Å². The molecular formula is C15H19NO4. The Kier molecular flexibility index (Phi) is 5.77. The highest BCUT2D eigenvalue weighted by Crippen LogP contribution is 2.20. The minimum Gasteiger partial charge on any atom is -0.496 e. The smallest absolute Gasteiger partial charge is 0.326 e. The third-order valence-corrected chi connectivity index (χ3v) is 2.82. The lowest BCUT2D eigenvalue weighted by Gasteiger charge is -2.10. The minimum absolute atomic E-state index is 0.336. The van der Waals surface area contributed by atoms with Gasteiger partial charge in [-0.15, -0.1) is 0 Å². The molecule has 0 aliphatic rings. The van der Waals surface area contributed by atoms with Crippen molar-refractivity contribution in [3.63, 3.8) is 0 Å². The maximum atomic E-state index is 11.7. The second-order valence-electron chi connectivity index (χ2n) is 4.39. The van der Waals surface area contributed by atoms with E-state index >= 15 is 0 Å². The summed E-state index contributed by atoms with van der Waals surface area (Å²) in [6.07, 6.45) is 3.25. The van der Waals surface area contributed by atoms with Crippen LogP contribution in [0.25, 0.3) is 6.08 Å². The molecule has 0 saturated carbocycles. The summed E-state index contributed by atoms with van der Waals surface area (Å²) in [4.78, 5) is 22.5. The molecule has 0 aliphatic carbocycles. The van der Waals surface area contributed by atoms with Crippen LogP contribution in [0.4, 0.5) is 0 Å². The van der Waals surface area contributed by atoms with Crippen molar-refractivity contribution in [3.05, 3.63) is 35.4 Å². The fourth-order valence-corrected chi connectivity index (χ4v) is 1.71. The van der Waals surface area contributed by atoms with Crippen molar-refractivity contribution in [1.29, 1.82) is 0 Å². The molecule has 2 N–H and O–H groups in total. The maximum absolute atomic E-state index is 11.7. The molecular weight excluding hydrogens is 258 g/mol. The summed E-state index contributed by atoms with van der Waals surface area (Å²) in [7, 11) is 1.56. The van der Waals surface area contributed by atoms with E-state index in [2.05, 4.69) is 5.32 Å². The van der Waals surface area contributed by atoms with Crippen molar-refractivity contribution in [1.82, 2.24) is 5.32 Å². The van der Waals surface area contributed by atoms with Gasteiger partial charge in [-0.05, 0) is 31.6 Å². The predicted octanol–water partition coefficient (Wildman–Crippen LogP) is 2.00. The van der Waals surface area contributed by atoms with E-state index in [0.29, 0.717) is 12.2 Å². The predicted molar refractivity (Wildman–Crippen MR) is 76.6 cm³/mol. The molecule has 1 rings (SSSR count). The van der Waals surface area contributed by atoms with Gasteiger partial charge in [0.2, 0.25) is 5.91 Å². The van der Waals surface area contributed by atoms with E-state index < -0.39 is 17.9 Å². The Morgan fingerprint density at radius 3 is 2.70 bits per heavy atom. The summed E-state index contributed by atoms with van der Waals surface area (Å²) in [5.74, 6) is -0.824. The molecule has 1 unspecified atom stereocenters. The lowest BCUT2D eigenvalue weighted by molar-refractivity contribution is -0.141. The number of hydrogen-bond donors (Lipinski definition) is 2. The number of aryl methyl sites for hydroxylation is 1. The number of benzene rings is 1. The molecule has 108 valence electrons. The van der Waals surface area contributed by atoms with Crippen LogP contribution in [0.1, 0.15) is 24.5 Å². The van der Waals surface area contributed by atoms with Gasteiger partial charge in [-0.25, -0.2) is 4.79 Å². The first-order valence-electron chi connectivity index (χ1n) is 6.34. The van der Waals surface area contributed by atoms with Crippen LogP contribution in [0.3, 0.4) is 0 Å². The largest absolute Gasteiger partial charge is 0.496 e. The van der Waals surface area contributed by atoms with Gasteiger partial charge in [0.05, 0.1) is 7.11 Å². The van der Waals surface area contributed by atoms with E-state index in [1.807, 2.05) is 25.1 Å². The zero-order valence-corrected chi connectivity index (χ0v) is 11.8. The van der Waals surface area contributed by atoms with Gasteiger partial charge in [-0.1, -0.05) is 18.6 Å². The van der Waals surface area contributed by atoms with Gasteiger partial charge in [0, 0.05) is 11.6 Å². The van der Waals surface area contributed by atoms with Crippen LogP contribution in [0, 0.1) is 6.92 Å². The van der Waals surface area contributed by atoms with E-state index in [-0.39, 0.29) is 0 Å². The van der Waals surface area contributed by atoms with Crippen LogP contribution >= 0.6 is 0 Å². The van der Waals surface area contributed by atoms with Crippen LogP contribution in [0.15, 0.2) is 24.3 Å². The summed E-state index contributed by atoms with van der Waals surface area (Å²) < 4.78 is 5.20. The second kappa shape index (κ2) is 7.33. The lowest BCUT2D eigenvalue weighted by atomic mass is 10.1. The number of hydrogen-bond acceptors (Lipinski definition) is 3. The molecule has 0 saturated heterocycles. The molecule has 1 atom stereocenters. The van der Waals surface area contributed by atoms with E-state index in [1.54, 1.807) is 20.1 Å². The first kappa shape index (κ1) is 15.8. The third-order valence-electron chi connectivity index (χ3n) is 2.82. The van der Waals surface area contributed by atoms with Crippen molar-refractivity contribution >= 4 is 18.0 Å². The Morgan fingerprint density at radius 2 is 2.15 bits per heavy atom. The van der Waals surface area contributed by atoms with Crippen molar-refractivity contribution in [3.8, 4) is 5.75 Å². The fourth-order valence-electron chi connectivity index (χ4n) is 1.71. The number of nitrogens with one attached hydrogen (secondary N) is 1. The number of carboxylic acids is 1. The van der Waals surface area contributed by atoms with Crippen LogP contribution in [-0.4, -0.2) is 30.1 Å². The monoisotopic (exact) mass is 277 g/mol. The van der Waals surface area contributed by atoms with Crippen LogP contribution < -0.4 is 10.1 Å². The minimum atomic E-state index is -1.04. The number of carboxylic acid groups (broad SMARTS) is 1. The molecule has 5 nitrogen and oxygen atoms in total. The Labute approximate surface area is 118 Å². The zero-order chi connectivity index (χ0) is 15.1. The highest BCUT2D eigenvalue weighted by molar-refractivity contribution is 5.94. The first-order valence-corrected chi connectivity index (χ1v) is 6.34. The summed E-state index contributed by atoms with van der Waals surface area (Å²) in [5, 5.41) is 11.3. The van der Waals surface area contributed by atoms with Gasteiger partial charge < -0.3 is 15.2 Å². The average Bonchev–Trinajstić information content (AvgIpc) is 2.42. The molecule has 0 heterocycles. The summed E-state index contributed by atoms with van der Waals surface area (Å²) in [5.41, 5.74) is 1.81. The maximum Gasteiger partial charge on any atom is 0.326 e. The summed E-state index contributed by atoms with van der Waals surface area (Å²) >= 11 is 0. The molecule has 5 heteroatoms. The van der Waals surface area contributed by atoms with Crippen molar-refractivity contribution < 1.29 is 19.4 Å². The van der Waals surface area contributed by atoms with Gasteiger partial charge in [0.25, 0.3) is 0 Å². The quantitative estimate of drug-likeness (QED) is 0.780. The van der Waals surface area contributed by atoms with Gasteiger partial charge >= 0.3 is 5.97 Å². The van der Waals surface area contributed by atoms with Crippen molar-refractivity contribution in [2.45, 2.75) is 26.3 Å². The Hall–Kier alpha value is -2.30. The van der Waals surface area contributed by atoms with Gasteiger partial charge in [-0.2, -0.15) is 0 Å². The van der Waals surface area contributed by atoms with Crippen molar-refractivity contribution in [2.24, 2.45) is 0 Å². The van der Waals surface area contributed by atoms with E-state index in [0.717, 1.165) is 11.1 Å². The lowest BCUT2D eigenvalue weighted by Crippen LogP contribution is -2.39. The summed E-state index contributed by atoms with van der Waals surface area (Å²) in [6, 6.07) is 4.75. The standard InChI is InChI=1S/C15H19NO4/c1-4-12(15(18)19)16-14(17)8-6-11-9-10(2)5-7-13(11)20-3/h5-9,12H,4H2,1-3H3,(H,16,17)(H,18,19)/b8-6+. The average molecular weight is 277 g/mol. The highest BCUT2D eigenvalue weighted by Gasteiger charge is 2.15. The number of aliphatic carboxylic acids is 1. The molecule has 0 aliphatic heterocycles.